The fourth-order valence-electron chi connectivity index (χ4n) is 4.61. The number of Topliss-reactive ketones (excluding diaryl/α,β-unsaturated/α-hetero) is 1. The van der Waals surface area contributed by atoms with Crippen molar-refractivity contribution in [2.24, 2.45) is 0 Å². The Morgan fingerprint density at radius 3 is 1.79 bits per heavy atom. The van der Waals surface area contributed by atoms with Crippen LogP contribution in [0.1, 0.15) is 40.0 Å². The van der Waals surface area contributed by atoms with E-state index in [1.807, 2.05) is 49.4 Å². The molecule has 0 atom stereocenters. The number of nitrogens with zero attached hydrogens (tertiary/aromatic N) is 1. The lowest BCUT2D eigenvalue weighted by Gasteiger charge is -2.27. The summed E-state index contributed by atoms with van der Waals surface area (Å²) in [5, 5.41) is 3.08. The van der Waals surface area contributed by atoms with Gasteiger partial charge in [-0.2, -0.15) is 0 Å². The molecule has 1 fully saturated rings. The molecule has 0 aliphatic heterocycles. The average Bonchev–Trinajstić information content (AvgIpc) is 2.95. The molecule has 202 valence electrons. The first-order valence-corrected chi connectivity index (χ1v) is 12.5. The van der Waals surface area contributed by atoms with E-state index < -0.39 is 0 Å². The maximum atomic E-state index is 13.7. The van der Waals surface area contributed by atoms with E-state index in [-0.39, 0.29) is 17.7 Å². The Labute approximate surface area is 228 Å². The van der Waals surface area contributed by atoms with Crippen LogP contribution < -0.4 is 24.3 Å². The summed E-state index contributed by atoms with van der Waals surface area (Å²) in [6.45, 7) is 1.84. The second-order valence-corrected chi connectivity index (χ2v) is 9.14. The highest BCUT2D eigenvalue weighted by Gasteiger charge is 2.30. The molecule has 0 radical (unpaired) electrons. The van der Waals surface area contributed by atoms with E-state index in [1.54, 1.807) is 52.8 Å². The van der Waals surface area contributed by atoms with Crippen molar-refractivity contribution >= 4 is 23.8 Å². The SMILES string of the molecule is COc1ccc(/C=C2\CC(NC(=O)c3ncccc3C)C/C(=C\c3ccc(OC)c(OC)c3)C2=O)cc1OC. The van der Waals surface area contributed by atoms with Crippen LogP contribution in [-0.4, -0.2) is 51.2 Å². The minimum absolute atomic E-state index is 0.0842. The number of carbonyl (C=O) groups excluding carboxylic acids is 2. The summed E-state index contributed by atoms with van der Waals surface area (Å²) in [5.74, 6) is 1.96. The van der Waals surface area contributed by atoms with Gasteiger partial charge in [0.1, 0.15) is 5.69 Å². The summed E-state index contributed by atoms with van der Waals surface area (Å²) in [4.78, 5) is 31.0. The molecule has 3 aromatic rings. The molecule has 1 saturated carbocycles. The molecule has 8 nitrogen and oxygen atoms in total. The van der Waals surface area contributed by atoms with Gasteiger partial charge < -0.3 is 24.3 Å². The van der Waals surface area contributed by atoms with Crippen LogP contribution in [0.3, 0.4) is 0 Å². The zero-order valence-corrected chi connectivity index (χ0v) is 22.7. The van der Waals surface area contributed by atoms with Crippen LogP contribution in [0, 0.1) is 6.92 Å². The van der Waals surface area contributed by atoms with Crippen LogP contribution >= 0.6 is 0 Å². The molecule has 0 bridgehead atoms. The quantitative estimate of drug-likeness (QED) is 0.409. The molecule has 39 heavy (non-hydrogen) atoms. The highest BCUT2D eigenvalue weighted by atomic mass is 16.5. The van der Waals surface area contributed by atoms with Crippen LogP contribution in [0.4, 0.5) is 0 Å². The maximum absolute atomic E-state index is 13.7. The van der Waals surface area contributed by atoms with Crippen molar-refractivity contribution in [1.82, 2.24) is 10.3 Å². The number of hydrogen-bond donors (Lipinski definition) is 1. The van der Waals surface area contributed by atoms with Gasteiger partial charge in [0, 0.05) is 23.4 Å². The van der Waals surface area contributed by atoms with Crippen molar-refractivity contribution in [2.45, 2.75) is 25.8 Å². The van der Waals surface area contributed by atoms with E-state index in [1.165, 1.54) is 0 Å². The average molecular weight is 529 g/mol. The number of rotatable bonds is 8. The lowest BCUT2D eigenvalue weighted by molar-refractivity contribution is -0.113. The molecule has 1 heterocycles. The number of nitrogens with one attached hydrogen (secondary N) is 1. The third-order valence-electron chi connectivity index (χ3n) is 6.57. The molecular weight excluding hydrogens is 496 g/mol. The Kier molecular flexibility index (Phi) is 8.66. The van der Waals surface area contributed by atoms with E-state index in [0.29, 0.717) is 52.7 Å². The largest absolute Gasteiger partial charge is 0.493 e. The Hall–Kier alpha value is -4.59. The van der Waals surface area contributed by atoms with Gasteiger partial charge in [0.2, 0.25) is 0 Å². The van der Waals surface area contributed by atoms with Crippen molar-refractivity contribution in [3.05, 3.63) is 88.3 Å². The van der Waals surface area contributed by atoms with Gasteiger partial charge in [-0.3, -0.25) is 14.6 Å². The van der Waals surface area contributed by atoms with Crippen molar-refractivity contribution in [3.8, 4) is 23.0 Å². The molecule has 0 unspecified atom stereocenters. The van der Waals surface area contributed by atoms with Crippen LogP contribution in [-0.2, 0) is 4.79 Å². The Balaban J connectivity index is 1.71. The van der Waals surface area contributed by atoms with E-state index in [0.717, 1.165) is 16.7 Å². The molecule has 8 heteroatoms. The Morgan fingerprint density at radius 1 is 0.821 bits per heavy atom. The van der Waals surface area contributed by atoms with E-state index in [4.69, 9.17) is 18.9 Å². The first-order chi connectivity index (χ1) is 18.9. The van der Waals surface area contributed by atoms with Gasteiger partial charge in [-0.15, -0.1) is 0 Å². The van der Waals surface area contributed by atoms with Gasteiger partial charge in [0.15, 0.2) is 28.8 Å². The third kappa shape index (κ3) is 6.29. The second kappa shape index (κ2) is 12.3. The summed E-state index contributed by atoms with van der Waals surface area (Å²) in [5.41, 5.74) is 3.86. The number of aryl methyl sites for hydroxylation is 1. The highest BCUT2D eigenvalue weighted by molar-refractivity contribution is 6.14. The Bertz CT molecular complexity index is 1370. The van der Waals surface area contributed by atoms with Crippen LogP contribution in [0.25, 0.3) is 12.2 Å². The zero-order valence-electron chi connectivity index (χ0n) is 22.7. The smallest absolute Gasteiger partial charge is 0.270 e. The molecular formula is C31H32N2O6. The number of pyridine rings is 1. The van der Waals surface area contributed by atoms with E-state index in [2.05, 4.69) is 10.3 Å². The molecule has 1 N–H and O–H groups in total. The highest BCUT2D eigenvalue weighted by Crippen LogP contribution is 2.33. The van der Waals surface area contributed by atoms with Crippen molar-refractivity contribution < 1.29 is 28.5 Å². The lowest BCUT2D eigenvalue weighted by atomic mass is 9.83. The molecule has 1 amide bonds. The van der Waals surface area contributed by atoms with Crippen LogP contribution in [0.2, 0.25) is 0 Å². The molecule has 4 rings (SSSR count). The Morgan fingerprint density at radius 2 is 1.33 bits per heavy atom. The molecule has 1 aliphatic rings. The third-order valence-corrected chi connectivity index (χ3v) is 6.57. The maximum Gasteiger partial charge on any atom is 0.270 e. The first kappa shape index (κ1) is 27.4. The minimum atomic E-state index is -0.311. The molecule has 0 spiro atoms. The van der Waals surface area contributed by atoms with Gasteiger partial charge in [0.25, 0.3) is 5.91 Å². The molecule has 1 aromatic heterocycles. The van der Waals surface area contributed by atoms with Gasteiger partial charge in [-0.05, 0) is 78.9 Å². The number of benzene rings is 2. The fraction of sp³-hybridized carbons (Fsp3) is 0.258. The predicted molar refractivity (Wildman–Crippen MR) is 150 cm³/mol. The topological polar surface area (TPSA) is 96.0 Å². The predicted octanol–water partition coefficient (Wildman–Crippen LogP) is 5.05. The standard InChI is InChI=1S/C31H32N2O6/c1-19-7-6-12-32-29(19)31(35)33-24-17-22(13-20-8-10-25(36-2)27(15-20)38-4)30(34)23(18-24)14-21-9-11-26(37-3)28(16-21)39-5/h6-16,24H,17-18H2,1-5H3,(H,33,35)/b22-13+,23-14+. The fourth-order valence-corrected chi connectivity index (χ4v) is 4.61. The summed E-state index contributed by atoms with van der Waals surface area (Å²) in [6, 6.07) is 14.3. The number of hydrogen-bond acceptors (Lipinski definition) is 7. The van der Waals surface area contributed by atoms with Crippen molar-refractivity contribution in [1.29, 1.82) is 0 Å². The van der Waals surface area contributed by atoms with Crippen LogP contribution in [0.15, 0.2) is 65.9 Å². The molecule has 0 saturated heterocycles. The van der Waals surface area contributed by atoms with Gasteiger partial charge in [0.05, 0.1) is 28.4 Å². The van der Waals surface area contributed by atoms with Gasteiger partial charge >= 0.3 is 0 Å². The van der Waals surface area contributed by atoms with Crippen molar-refractivity contribution in [3.63, 3.8) is 0 Å². The lowest BCUT2D eigenvalue weighted by Crippen LogP contribution is -2.40. The number of methoxy groups -OCH3 is 4. The van der Waals surface area contributed by atoms with E-state index >= 15 is 0 Å². The summed E-state index contributed by atoms with van der Waals surface area (Å²) in [6.07, 6.45) is 5.99. The summed E-state index contributed by atoms with van der Waals surface area (Å²) >= 11 is 0. The molecule has 2 aromatic carbocycles. The first-order valence-electron chi connectivity index (χ1n) is 12.5. The number of amides is 1. The number of carbonyl (C=O) groups is 2. The van der Waals surface area contributed by atoms with E-state index in [9.17, 15) is 9.59 Å². The second-order valence-electron chi connectivity index (χ2n) is 9.14. The van der Waals surface area contributed by atoms with Crippen molar-refractivity contribution in [2.75, 3.05) is 28.4 Å². The minimum Gasteiger partial charge on any atom is -0.493 e. The summed E-state index contributed by atoms with van der Waals surface area (Å²) in [7, 11) is 6.27. The van der Waals surface area contributed by atoms with Gasteiger partial charge in [-0.1, -0.05) is 18.2 Å². The monoisotopic (exact) mass is 528 g/mol. The van der Waals surface area contributed by atoms with Gasteiger partial charge in [-0.25, -0.2) is 0 Å². The molecule has 1 aliphatic carbocycles. The number of ether oxygens (including phenoxy) is 4. The number of aromatic nitrogens is 1. The number of ketones is 1. The summed E-state index contributed by atoms with van der Waals surface area (Å²) < 4.78 is 21.5. The van der Waals surface area contributed by atoms with Crippen LogP contribution in [0.5, 0.6) is 23.0 Å². The zero-order chi connectivity index (χ0) is 27.9. The normalized spacial score (nSPS) is 17.2.